The SMILES string of the molecule is CO[Si](OC)(C1CCCCC1)C1CCC(C)(C)CC1. The smallest absolute Gasteiger partial charge is 0.344 e. The zero-order chi connectivity index (χ0) is 13.9. The average molecular weight is 285 g/mol. The third kappa shape index (κ3) is 3.25. The Labute approximate surface area is 120 Å². The van der Waals surface area contributed by atoms with Gasteiger partial charge in [-0.25, -0.2) is 0 Å². The summed E-state index contributed by atoms with van der Waals surface area (Å²) < 4.78 is 12.3. The van der Waals surface area contributed by atoms with Crippen molar-refractivity contribution in [2.75, 3.05) is 14.2 Å². The van der Waals surface area contributed by atoms with Crippen molar-refractivity contribution in [3.05, 3.63) is 0 Å². The fraction of sp³-hybridized carbons (Fsp3) is 1.00. The van der Waals surface area contributed by atoms with Crippen molar-refractivity contribution in [2.45, 2.75) is 82.7 Å². The van der Waals surface area contributed by atoms with Gasteiger partial charge in [0.15, 0.2) is 0 Å². The predicted molar refractivity (Wildman–Crippen MR) is 82.6 cm³/mol. The molecule has 0 N–H and O–H groups in total. The normalized spacial score (nSPS) is 26.5. The summed E-state index contributed by atoms with van der Waals surface area (Å²) in [6.07, 6.45) is 12.2. The Morgan fingerprint density at radius 2 is 1.26 bits per heavy atom. The molecule has 112 valence electrons. The first-order valence-electron chi connectivity index (χ1n) is 8.14. The molecule has 0 aromatic rings. The van der Waals surface area contributed by atoms with Crippen LogP contribution >= 0.6 is 0 Å². The number of hydrogen-bond donors (Lipinski definition) is 0. The van der Waals surface area contributed by atoms with Crippen LogP contribution in [0.5, 0.6) is 0 Å². The minimum absolute atomic E-state index is 0.532. The highest BCUT2D eigenvalue weighted by molar-refractivity contribution is 6.70. The lowest BCUT2D eigenvalue weighted by molar-refractivity contribution is 0.167. The van der Waals surface area contributed by atoms with Crippen molar-refractivity contribution < 1.29 is 8.85 Å². The standard InChI is InChI=1S/C16H32O2Si/c1-16(2)12-10-15(11-13-16)19(17-3,18-4)14-8-6-5-7-9-14/h14-15H,5-13H2,1-4H3. The lowest BCUT2D eigenvalue weighted by Crippen LogP contribution is -2.51. The van der Waals surface area contributed by atoms with Crippen LogP contribution in [0, 0.1) is 5.41 Å². The molecule has 0 radical (unpaired) electrons. The third-order valence-corrected chi connectivity index (χ3v) is 10.4. The first-order chi connectivity index (χ1) is 9.04. The van der Waals surface area contributed by atoms with Gasteiger partial charge in [-0.05, 0) is 43.9 Å². The number of hydrogen-bond acceptors (Lipinski definition) is 2. The summed E-state index contributed by atoms with van der Waals surface area (Å²) >= 11 is 0. The van der Waals surface area contributed by atoms with Crippen LogP contribution in [0.3, 0.4) is 0 Å². The van der Waals surface area contributed by atoms with E-state index < -0.39 is 8.56 Å². The third-order valence-electron chi connectivity index (χ3n) is 5.72. The Balaban J connectivity index is 2.10. The molecule has 2 fully saturated rings. The zero-order valence-electron chi connectivity index (χ0n) is 13.3. The quantitative estimate of drug-likeness (QED) is 0.674. The summed E-state index contributed by atoms with van der Waals surface area (Å²) in [5.41, 5.74) is 1.99. The average Bonchev–Trinajstić information content (AvgIpc) is 2.43. The lowest BCUT2D eigenvalue weighted by atomic mass is 9.77. The van der Waals surface area contributed by atoms with Gasteiger partial charge in [-0.1, -0.05) is 33.1 Å². The lowest BCUT2D eigenvalue weighted by Gasteiger charge is -2.46. The van der Waals surface area contributed by atoms with E-state index >= 15 is 0 Å². The van der Waals surface area contributed by atoms with Gasteiger partial charge in [-0.2, -0.15) is 0 Å². The predicted octanol–water partition coefficient (Wildman–Crippen LogP) is 5.03. The van der Waals surface area contributed by atoms with Gasteiger partial charge < -0.3 is 8.85 Å². The first-order valence-corrected chi connectivity index (χ1v) is 10.1. The molecule has 0 amide bonds. The van der Waals surface area contributed by atoms with Crippen LogP contribution in [0.1, 0.15) is 71.6 Å². The maximum atomic E-state index is 6.15. The highest BCUT2D eigenvalue weighted by Crippen LogP contribution is 2.51. The van der Waals surface area contributed by atoms with Crippen LogP contribution in [-0.2, 0) is 8.85 Å². The van der Waals surface area contributed by atoms with E-state index in [1.54, 1.807) is 0 Å². The van der Waals surface area contributed by atoms with Gasteiger partial charge in [0, 0.05) is 25.3 Å². The summed E-state index contributed by atoms with van der Waals surface area (Å²) in [4.78, 5) is 0. The van der Waals surface area contributed by atoms with Crippen LogP contribution in [-0.4, -0.2) is 22.8 Å². The molecule has 2 aliphatic rings. The van der Waals surface area contributed by atoms with Crippen molar-refractivity contribution in [3.8, 4) is 0 Å². The molecular weight excluding hydrogens is 252 g/mol. The van der Waals surface area contributed by atoms with Crippen LogP contribution in [0.2, 0.25) is 11.1 Å². The summed E-state index contributed by atoms with van der Waals surface area (Å²) in [6.45, 7) is 4.82. The van der Waals surface area contributed by atoms with Gasteiger partial charge in [0.1, 0.15) is 0 Å². The Hall–Kier alpha value is 0.137. The molecule has 0 heterocycles. The topological polar surface area (TPSA) is 18.5 Å². The summed E-state index contributed by atoms with van der Waals surface area (Å²) in [7, 11) is 1.84. The van der Waals surface area contributed by atoms with E-state index in [4.69, 9.17) is 8.85 Å². The van der Waals surface area contributed by atoms with E-state index in [0.29, 0.717) is 5.41 Å². The van der Waals surface area contributed by atoms with E-state index in [1.807, 2.05) is 14.2 Å². The highest BCUT2D eigenvalue weighted by Gasteiger charge is 2.52. The van der Waals surface area contributed by atoms with Crippen molar-refractivity contribution in [2.24, 2.45) is 5.41 Å². The van der Waals surface area contributed by atoms with Gasteiger partial charge in [0.2, 0.25) is 0 Å². The van der Waals surface area contributed by atoms with E-state index in [2.05, 4.69) is 13.8 Å². The minimum atomic E-state index is -2.00. The van der Waals surface area contributed by atoms with Gasteiger partial charge in [0.05, 0.1) is 0 Å². The van der Waals surface area contributed by atoms with E-state index in [-0.39, 0.29) is 0 Å². The monoisotopic (exact) mass is 284 g/mol. The molecule has 0 atom stereocenters. The molecule has 0 spiro atoms. The largest absolute Gasteiger partial charge is 0.397 e. The second-order valence-electron chi connectivity index (χ2n) is 7.40. The molecule has 19 heavy (non-hydrogen) atoms. The molecule has 0 bridgehead atoms. The van der Waals surface area contributed by atoms with Gasteiger partial charge in [-0.15, -0.1) is 0 Å². The van der Waals surface area contributed by atoms with Crippen LogP contribution in [0.15, 0.2) is 0 Å². The van der Waals surface area contributed by atoms with Crippen LogP contribution in [0.4, 0.5) is 0 Å². The van der Waals surface area contributed by atoms with E-state index in [1.165, 1.54) is 57.8 Å². The highest BCUT2D eigenvalue weighted by atomic mass is 28.4. The Bertz CT molecular complexity index is 270. The molecule has 2 nitrogen and oxygen atoms in total. The van der Waals surface area contributed by atoms with Crippen molar-refractivity contribution >= 4 is 8.56 Å². The van der Waals surface area contributed by atoms with Crippen LogP contribution < -0.4 is 0 Å². The van der Waals surface area contributed by atoms with Crippen molar-refractivity contribution in [3.63, 3.8) is 0 Å². The first kappa shape index (κ1) is 15.5. The molecule has 2 saturated carbocycles. The number of rotatable bonds is 4. The van der Waals surface area contributed by atoms with Crippen molar-refractivity contribution in [1.82, 2.24) is 0 Å². The minimum Gasteiger partial charge on any atom is -0.397 e. The Morgan fingerprint density at radius 3 is 1.74 bits per heavy atom. The molecule has 3 heteroatoms. The fourth-order valence-electron chi connectivity index (χ4n) is 4.39. The molecule has 2 aliphatic carbocycles. The summed E-state index contributed by atoms with van der Waals surface area (Å²) in [6, 6.07) is 0. The molecule has 0 saturated heterocycles. The molecule has 0 aromatic heterocycles. The van der Waals surface area contributed by atoms with Gasteiger partial charge in [0.25, 0.3) is 0 Å². The molecule has 2 rings (SSSR count). The van der Waals surface area contributed by atoms with Gasteiger partial charge >= 0.3 is 8.56 Å². The van der Waals surface area contributed by atoms with Gasteiger partial charge in [-0.3, -0.25) is 0 Å². The summed E-state index contributed by atoms with van der Waals surface area (Å²) in [5, 5.41) is 0. The molecule has 0 aliphatic heterocycles. The second kappa shape index (κ2) is 6.27. The Morgan fingerprint density at radius 1 is 0.789 bits per heavy atom. The summed E-state index contributed by atoms with van der Waals surface area (Å²) in [5.74, 6) is 0. The molecular formula is C16H32O2Si. The Kier molecular flexibility index (Phi) is 5.13. The second-order valence-corrected chi connectivity index (χ2v) is 11.3. The maximum Gasteiger partial charge on any atom is 0.344 e. The van der Waals surface area contributed by atoms with Crippen LogP contribution in [0.25, 0.3) is 0 Å². The van der Waals surface area contributed by atoms with Crippen molar-refractivity contribution in [1.29, 1.82) is 0 Å². The van der Waals surface area contributed by atoms with E-state index in [0.717, 1.165) is 11.1 Å². The molecule has 0 aromatic carbocycles. The maximum absolute atomic E-state index is 6.15. The molecule has 0 unspecified atom stereocenters. The zero-order valence-corrected chi connectivity index (χ0v) is 14.3. The van der Waals surface area contributed by atoms with E-state index in [9.17, 15) is 0 Å². The fourth-order valence-corrected chi connectivity index (χ4v) is 8.86.